The molecule has 2 rings (SSSR count). The zero-order valence-corrected chi connectivity index (χ0v) is 9.70. The molecule has 0 spiro atoms. The number of fused-ring (bicyclic) bond motifs is 1. The average Bonchev–Trinajstić information content (AvgIpc) is 2.71. The number of benzene rings is 1. The third-order valence-electron chi connectivity index (χ3n) is 2.31. The van der Waals surface area contributed by atoms with Crippen molar-refractivity contribution in [2.24, 2.45) is 0 Å². The van der Waals surface area contributed by atoms with Crippen LogP contribution in [0.3, 0.4) is 0 Å². The molecular formula is C11H11NO4S. The highest BCUT2D eigenvalue weighted by Gasteiger charge is 2.28. The van der Waals surface area contributed by atoms with Gasteiger partial charge >= 0.3 is 5.97 Å². The summed E-state index contributed by atoms with van der Waals surface area (Å²) in [7, 11) is 0. The molecule has 1 unspecified atom stereocenters. The Bertz CT molecular complexity index is 424. The van der Waals surface area contributed by atoms with Gasteiger partial charge in [-0.05, 0) is 18.1 Å². The molecule has 1 aliphatic rings. The van der Waals surface area contributed by atoms with Crippen molar-refractivity contribution in [3.8, 4) is 0 Å². The molecular weight excluding hydrogens is 242 g/mol. The second-order valence-corrected chi connectivity index (χ2v) is 4.81. The van der Waals surface area contributed by atoms with E-state index in [0.717, 1.165) is 10.5 Å². The molecule has 0 aliphatic carbocycles. The summed E-state index contributed by atoms with van der Waals surface area (Å²) in [6.45, 7) is -0.532. The van der Waals surface area contributed by atoms with Crippen molar-refractivity contribution in [3.05, 3.63) is 29.8 Å². The van der Waals surface area contributed by atoms with Crippen LogP contribution in [0.4, 0.5) is 0 Å². The van der Waals surface area contributed by atoms with E-state index < -0.39 is 12.6 Å². The summed E-state index contributed by atoms with van der Waals surface area (Å²) in [4.78, 5) is 27.5. The van der Waals surface area contributed by atoms with Crippen molar-refractivity contribution in [1.82, 2.24) is 5.48 Å². The van der Waals surface area contributed by atoms with Crippen molar-refractivity contribution in [3.63, 3.8) is 0 Å². The van der Waals surface area contributed by atoms with Gasteiger partial charge in [0.25, 0.3) is 5.91 Å². The molecule has 6 heteroatoms. The number of nitrogens with one attached hydrogen (secondary N) is 1. The third-order valence-corrected chi connectivity index (χ3v) is 3.63. The number of carbonyl (C=O) groups is 2. The quantitative estimate of drug-likeness (QED) is 0.777. The van der Waals surface area contributed by atoms with Gasteiger partial charge in [-0.25, -0.2) is 10.3 Å². The Balaban J connectivity index is 1.86. The minimum absolute atomic E-state index is 0.249. The Labute approximate surface area is 102 Å². The van der Waals surface area contributed by atoms with E-state index in [1.54, 1.807) is 0 Å². The standard InChI is InChI=1S/C11H11NO4S/c13-10(14)6-16-12-11(15)9-5-7-3-1-2-4-8(7)17-9/h1-4,9H,5-6H2,(H,12,15)(H,13,14). The molecule has 90 valence electrons. The lowest BCUT2D eigenvalue weighted by atomic mass is 10.1. The zero-order chi connectivity index (χ0) is 12.3. The maximum atomic E-state index is 11.6. The number of hydrogen-bond acceptors (Lipinski definition) is 4. The van der Waals surface area contributed by atoms with E-state index in [1.807, 2.05) is 24.3 Å². The van der Waals surface area contributed by atoms with Gasteiger partial charge < -0.3 is 5.11 Å². The molecule has 1 aliphatic heterocycles. The van der Waals surface area contributed by atoms with Crippen molar-refractivity contribution < 1.29 is 19.5 Å². The van der Waals surface area contributed by atoms with E-state index in [9.17, 15) is 9.59 Å². The fourth-order valence-corrected chi connectivity index (χ4v) is 2.75. The monoisotopic (exact) mass is 253 g/mol. The Morgan fingerprint density at radius 2 is 2.24 bits per heavy atom. The smallest absolute Gasteiger partial charge is 0.332 e. The molecule has 0 saturated carbocycles. The molecule has 17 heavy (non-hydrogen) atoms. The van der Waals surface area contributed by atoms with Gasteiger partial charge in [0, 0.05) is 4.90 Å². The fourth-order valence-electron chi connectivity index (χ4n) is 1.56. The number of carboxylic acids is 1. The Hall–Kier alpha value is -1.53. The number of carbonyl (C=O) groups excluding carboxylic acids is 1. The van der Waals surface area contributed by atoms with Crippen LogP contribution >= 0.6 is 11.8 Å². The van der Waals surface area contributed by atoms with E-state index in [4.69, 9.17) is 5.11 Å². The van der Waals surface area contributed by atoms with Gasteiger partial charge in [-0.1, -0.05) is 18.2 Å². The van der Waals surface area contributed by atoms with E-state index in [1.165, 1.54) is 11.8 Å². The van der Waals surface area contributed by atoms with Crippen LogP contribution in [0.15, 0.2) is 29.2 Å². The molecule has 0 saturated heterocycles. The molecule has 0 bridgehead atoms. The maximum absolute atomic E-state index is 11.6. The number of carboxylic acid groups (broad SMARTS) is 1. The number of hydrogen-bond donors (Lipinski definition) is 2. The predicted molar refractivity (Wildman–Crippen MR) is 61.5 cm³/mol. The number of aliphatic carboxylic acids is 1. The molecule has 2 N–H and O–H groups in total. The van der Waals surface area contributed by atoms with Crippen LogP contribution in [0.1, 0.15) is 5.56 Å². The van der Waals surface area contributed by atoms with Crippen molar-refractivity contribution in [1.29, 1.82) is 0 Å². The number of amides is 1. The van der Waals surface area contributed by atoms with E-state index in [2.05, 4.69) is 10.3 Å². The molecule has 1 amide bonds. The van der Waals surface area contributed by atoms with Crippen LogP contribution in [-0.2, 0) is 20.8 Å². The largest absolute Gasteiger partial charge is 0.479 e. The normalized spacial score (nSPS) is 17.5. The molecule has 0 aromatic heterocycles. The third kappa shape index (κ3) is 2.98. The van der Waals surface area contributed by atoms with Gasteiger partial charge in [0.05, 0.1) is 5.25 Å². The molecule has 0 radical (unpaired) electrons. The second kappa shape index (κ2) is 5.20. The highest BCUT2D eigenvalue weighted by atomic mass is 32.2. The topological polar surface area (TPSA) is 75.6 Å². The van der Waals surface area contributed by atoms with Gasteiger partial charge in [-0.2, -0.15) is 0 Å². The number of rotatable bonds is 4. The van der Waals surface area contributed by atoms with Crippen LogP contribution in [0.2, 0.25) is 0 Å². The van der Waals surface area contributed by atoms with E-state index in [0.29, 0.717) is 6.42 Å². The highest BCUT2D eigenvalue weighted by molar-refractivity contribution is 8.01. The predicted octanol–water partition coefficient (Wildman–Crippen LogP) is 0.836. The molecule has 1 atom stereocenters. The average molecular weight is 253 g/mol. The lowest BCUT2D eigenvalue weighted by molar-refractivity contribution is -0.149. The minimum atomic E-state index is -1.12. The molecule has 1 aromatic carbocycles. The minimum Gasteiger partial charge on any atom is -0.479 e. The summed E-state index contributed by atoms with van der Waals surface area (Å²) >= 11 is 1.46. The highest BCUT2D eigenvalue weighted by Crippen LogP contribution is 2.36. The first-order valence-corrected chi connectivity index (χ1v) is 5.93. The van der Waals surface area contributed by atoms with Gasteiger partial charge in [0.2, 0.25) is 0 Å². The van der Waals surface area contributed by atoms with Gasteiger partial charge in [0.15, 0.2) is 6.61 Å². The van der Waals surface area contributed by atoms with Crippen molar-refractivity contribution in [2.75, 3.05) is 6.61 Å². The molecule has 5 nitrogen and oxygen atoms in total. The van der Waals surface area contributed by atoms with E-state index >= 15 is 0 Å². The van der Waals surface area contributed by atoms with Gasteiger partial charge in [0.1, 0.15) is 0 Å². The second-order valence-electron chi connectivity index (χ2n) is 3.57. The van der Waals surface area contributed by atoms with E-state index in [-0.39, 0.29) is 11.2 Å². The molecule has 0 fully saturated rings. The summed E-state index contributed by atoms with van der Waals surface area (Å²) in [6.07, 6.45) is 0.642. The Morgan fingerprint density at radius 1 is 1.47 bits per heavy atom. The van der Waals surface area contributed by atoms with Gasteiger partial charge in [-0.3, -0.25) is 9.63 Å². The van der Waals surface area contributed by atoms with Gasteiger partial charge in [-0.15, -0.1) is 11.8 Å². The molecule has 1 aromatic rings. The van der Waals surface area contributed by atoms with Crippen LogP contribution in [-0.4, -0.2) is 28.8 Å². The van der Waals surface area contributed by atoms with Crippen LogP contribution in [0.5, 0.6) is 0 Å². The zero-order valence-electron chi connectivity index (χ0n) is 8.88. The van der Waals surface area contributed by atoms with Crippen LogP contribution in [0.25, 0.3) is 0 Å². The first kappa shape index (κ1) is 11.9. The number of thioether (sulfide) groups is 1. The summed E-state index contributed by atoms with van der Waals surface area (Å²) in [5, 5.41) is 8.10. The Kier molecular flexibility index (Phi) is 3.65. The molecule has 1 heterocycles. The first-order chi connectivity index (χ1) is 8.16. The lowest BCUT2D eigenvalue weighted by Crippen LogP contribution is -2.34. The van der Waals surface area contributed by atoms with Crippen molar-refractivity contribution >= 4 is 23.6 Å². The van der Waals surface area contributed by atoms with Crippen molar-refractivity contribution in [2.45, 2.75) is 16.6 Å². The number of hydroxylamine groups is 1. The van der Waals surface area contributed by atoms with Crippen LogP contribution < -0.4 is 5.48 Å². The summed E-state index contributed by atoms with van der Waals surface area (Å²) in [6, 6.07) is 7.80. The first-order valence-electron chi connectivity index (χ1n) is 5.05. The lowest BCUT2D eigenvalue weighted by Gasteiger charge is -2.08. The summed E-state index contributed by atoms with van der Waals surface area (Å²) in [5.41, 5.74) is 3.29. The summed E-state index contributed by atoms with van der Waals surface area (Å²) in [5.74, 6) is -1.42. The SMILES string of the molecule is O=C(O)CONC(=O)C1Cc2ccccc2S1. The fraction of sp³-hybridized carbons (Fsp3) is 0.273. The Morgan fingerprint density at radius 3 is 2.94 bits per heavy atom. The summed E-state index contributed by atoms with van der Waals surface area (Å²) < 4.78 is 0. The maximum Gasteiger partial charge on any atom is 0.332 e. The van der Waals surface area contributed by atoms with Crippen LogP contribution in [0, 0.1) is 0 Å².